The predicted molar refractivity (Wildman–Crippen MR) is 90.8 cm³/mol. The highest BCUT2D eigenvalue weighted by atomic mass is 16.5. The molecule has 4 rings (SSSR count). The molecule has 0 saturated carbocycles. The molecule has 1 unspecified atom stereocenters. The third-order valence-electron chi connectivity index (χ3n) is 4.24. The molecule has 0 radical (unpaired) electrons. The highest BCUT2D eigenvalue weighted by molar-refractivity contribution is 5.59. The molecule has 3 heterocycles. The van der Waals surface area contributed by atoms with Crippen molar-refractivity contribution >= 4 is 17.2 Å². The molecule has 1 atom stereocenters. The van der Waals surface area contributed by atoms with Crippen LogP contribution in [0.1, 0.15) is 6.42 Å². The molecule has 1 aliphatic rings. The van der Waals surface area contributed by atoms with Gasteiger partial charge in [-0.1, -0.05) is 12.1 Å². The molecule has 24 heavy (non-hydrogen) atoms. The second kappa shape index (κ2) is 5.88. The van der Waals surface area contributed by atoms with Crippen molar-refractivity contribution in [1.29, 1.82) is 0 Å². The number of hydrogen-bond donors (Lipinski definition) is 2. The molecule has 8 nitrogen and oxygen atoms in total. The number of nitrogens with zero attached hydrogens (tertiary/aromatic N) is 4. The second-order valence-electron chi connectivity index (χ2n) is 5.77. The molecular weight excluding hydrogens is 308 g/mol. The van der Waals surface area contributed by atoms with E-state index in [4.69, 9.17) is 4.74 Å². The van der Waals surface area contributed by atoms with Gasteiger partial charge < -0.3 is 15.0 Å². The topological polar surface area (TPSA) is 87.5 Å². The van der Waals surface area contributed by atoms with Crippen LogP contribution in [0.4, 0.5) is 11.5 Å². The molecule has 0 bridgehead atoms. The SMILES string of the molecule is COc1ccccc1N1CCC(Nc2ccc3n[nH]c(=O)n3n2)C1. The Kier molecular flexibility index (Phi) is 3.56. The Bertz CT molecular complexity index is 918. The number of anilines is 2. The highest BCUT2D eigenvalue weighted by Crippen LogP contribution is 2.30. The van der Waals surface area contributed by atoms with E-state index in [1.54, 1.807) is 13.2 Å². The number of H-pyrrole nitrogens is 1. The number of fused-ring (bicyclic) bond motifs is 1. The molecule has 8 heteroatoms. The summed E-state index contributed by atoms with van der Waals surface area (Å²) in [5.74, 6) is 1.54. The van der Waals surface area contributed by atoms with Crippen molar-refractivity contribution in [1.82, 2.24) is 19.8 Å². The van der Waals surface area contributed by atoms with Crippen LogP contribution in [-0.4, -0.2) is 46.1 Å². The summed E-state index contributed by atoms with van der Waals surface area (Å²) >= 11 is 0. The Morgan fingerprint density at radius 3 is 3.04 bits per heavy atom. The monoisotopic (exact) mass is 326 g/mol. The van der Waals surface area contributed by atoms with E-state index in [9.17, 15) is 4.79 Å². The van der Waals surface area contributed by atoms with Gasteiger partial charge in [0.25, 0.3) is 0 Å². The summed E-state index contributed by atoms with van der Waals surface area (Å²) in [6, 6.07) is 11.9. The van der Waals surface area contributed by atoms with Gasteiger partial charge in [-0.05, 0) is 30.7 Å². The van der Waals surface area contributed by atoms with Crippen molar-refractivity contribution in [3.05, 3.63) is 46.9 Å². The van der Waals surface area contributed by atoms with Crippen LogP contribution in [0.5, 0.6) is 5.75 Å². The van der Waals surface area contributed by atoms with Gasteiger partial charge in [0.05, 0.1) is 12.8 Å². The van der Waals surface area contributed by atoms with E-state index >= 15 is 0 Å². The van der Waals surface area contributed by atoms with E-state index in [1.165, 1.54) is 4.52 Å². The Morgan fingerprint density at radius 2 is 2.17 bits per heavy atom. The third-order valence-corrected chi connectivity index (χ3v) is 4.24. The van der Waals surface area contributed by atoms with Crippen molar-refractivity contribution in [3.8, 4) is 5.75 Å². The predicted octanol–water partition coefficient (Wildman–Crippen LogP) is 1.12. The second-order valence-corrected chi connectivity index (χ2v) is 5.77. The number of para-hydroxylation sites is 2. The average Bonchev–Trinajstić information content (AvgIpc) is 3.22. The molecule has 1 aromatic carbocycles. The normalized spacial score (nSPS) is 17.4. The van der Waals surface area contributed by atoms with Crippen LogP contribution in [0.2, 0.25) is 0 Å². The number of nitrogens with one attached hydrogen (secondary N) is 2. The number of hydrogen-bond acceptors (Lipinski definition) is 6. The zero-order valence-electron chi connectivity index (χ0n) is 13.3. The van der Waals surface area contributed by atoms with E-state index in [0.29, 0.717) is 11.5 Å². The number of aromatic nitrogens is 4. The summed E-state index contributed by atoms with van der Waals surface area (Å²) in [6.07, 6.45) is 0.984. The van der Waals surface area contributed by atoms with Gasteiger partial charge in [0.15, 0.2) is 5.65 Å². The van der Waals surface area contributed by atoms with Crippen LogP contribution >= 0.6 is 0 Å². The van der Waals surface area contributed by atoms with Crippen molar-refractivity contribution in [2.24, 2.45) is 0 Å². The van der Waals surface area contributed by atoms with Gasteiger partial charge in [-0.15, -0.1) is 5.10 Å². The van der Waals surface area contributed by atoms with Gasteiger partial charge in [-0.2, -0.15) is 9.61 Å². The molecule has 124 valence electrons. The summed E-state index contributed by atoms with van der Waals surface area (Å²) in [5.41, 5.74) is 1.27. The number of methoxy groups -OCH3 is 1. The molecule has 1 fully saturated rings. The molecular formula is C16H18N6O2. The smallest absolute Gasteiger partial charge is 0.364 e. The van der Waals surface area contributed by atoms with Gasteiger partial charge in [0.1, 0.15) is 11.6 Å². The molecule has 1 aliphatic heterocycles. The van der Waals surface area contributed by atoms with Gasteiger partial charge >= 0.3 is 5.69 Å². The van der Waals surface area contributed by atoms with Gasteiger partial charge in [0.2, 0.25) is 0 Å². The zero-order chi connectivity index (χ0) is 16.5. The molecule has 1 saturated heterocycles. The lowest BCUT2D eigenvalue weighted by molar-refractivity contribution is 0.415. The fourth-order valence-electron chi connectivity index (χ4n) is 3.08. The molecule has 0 amide bonds. The van der Waals surface area contributed by atoms with Crippen molar-refractivity contribution in [2.75, 3.05) is 30.4 Å². The van der Waals surface area contributed by atoms with Crippen LogP contribution in [0.15, 0.2) is 41.2 Å². The number of ether oxygens (including phenoxy) is 1. The van der Waals surface area contributed by atoms with E-state index in [1.807, 2.05) is 24.3 Å². The lowest BCUT2D eigenvalue weighted by atomic mass is 10.2. The largest absolute Gasteiger partial charge is 0.495 e. The average molecular weight is 326 g/mol. The van der Waals surface area contributed by atoms with Gasteiger partial charge in [0, 0.05) is 19.1 Å². The van der Waals surface area contributed by atoms with E-state index in [0.717, 1.165) is 30.9 Å². The first-order valence-corrected chi connectivity index (χ1v) is 7.83. The number of aromatic amines is 1. The standard InChI is InChI=1S/C16H18N6O2/c1-24-13-5-3-2-4-12(13)21-9-8-11(10-21)17-14-6-7-15-18-19-16(23)22(15)20-14/h2-7,11H,8-10H2,1H3,(H,17,20)(H,19,23). The minimum absolute atomic E-state index is 0.252. The van der Waals surface area contributed by atoms with Gasteiger partial charge in [-0.3, -0.25) is 0 Å². The minimum Gasteiger partial charge on any atom is -0.495 e. The highest BCUT2D eigenvalue weighted by Gasteiger charge is 2.24. The first-order valence-electron chi connectivity index (χ1n) is 7.83. The lowest BCUT2D eigenvalue weighted by Gasteiger charge is -2.21. The Morgan fingerprint density at radius 1 is 1.29 bits per heavy atom. The van der Waals surface area contributed by atoms with E-state index < -0.39 is 0 Å². The maximum absolute atomic E-state index is 11.6. The maximum atomic E-state index is 11.6. The first-order chi connectivity index (χ1) is 11.7. The van der Waals surface area contributed by atoms with Crippen LogP contribution in [0.3, 0.4) is 0 Å². The molecule has 0 aliphatic carbocycles. The fraction of sp³-hybridized carbons (Fsp3) is 0.312. The Labute approximate surface area is 138 Å². The van der Waals surface area contributed by atoms with E-state index in [2.05, 4.69) is 31.6 Å². The zero-order valence-corrected chi connectivity index (χ0v) is 13.3. The molecule has 0 spiro atoms. The third kappa shape index (κ3) is 2.55. The summed E-state index contributed by atoms with van der Waals surface area (Å²) in [4.78, 5) is 13.9. The van der Waals surface area contributed by atoms with Crippen LogP contribution in [0.25, 0.3) is 5.65 Å². The van der Waals surface area contributed by atoms with Crippen LogP contribution in [0, 0.1) is 0 Å². The summed E-state index contributed by atoms with van der Waals surface area (Å²) in [7, 11) is 1.69. The lowest BCUT2D eigenvalue weighted by Crippen LogP contribution is -2.27. The fourth-order valence-corrected chi connectivity index (χ4v) is 3.08. The van der Waals surface area contributed by atoms with E-state index in [-0.39, 0.29) is 11.7 Å². The van der Waals surface area contributed by atoms with Crippen LogP contribution in [-0.2, 0) is 0 Å². The Hall–Kier alpha value is -3.03. The number of benzene rings is 1. The maximum Gasteiger partial charge on any atom is 0.364 e. The van der Waals surface area contributed by atoms with Gasteiger partial charge in [-0.25, -0.2) is 9.89 Å². The summed E-state index contributed by atoms with van der Waals surface area (Å²) < 4.78 is 6.70. The quantitative estimate of drug-likeness (QED) is 0.747. The summed E-state index contributed by atoms with van der Waals surface area (Å²) in [6.45, 7) is 1.78. The summed E-state index contributed by atoms with van der Waals surface area (Å²) in [5, 5.41) is 13.9. The first kappa shape index (κ1) is 14.6. The van der Waals surface area contributed by atoms with Crippen molar-refractivity contribution in [3.63, 3.8) is 0 Å². The number of rotatable bonds is 4. The van der Waals surface area contributed by atoms with Crippen molar-refractivity contribution in [2.45, 2.75) is 12.5 Å². The molecule has 3 aromatic rings. The molecule has 2 N–H and O–H groups in total. The Balaban J connectivity index is 1.50. The van der Waals surface area contributed by atoms with Crippen LogP contribution < -0.4 is 20.6 Å². The molecule has 2 aromatic heterocycles. The van der Waals surface area contributed by atoms with Crippen molar-refractivity contribution < 1.29 is 4.74 Å². The minimum atomic E-state index is -0.337.